The van der Waals surface area contributed by atoms with Crippen LogP contribution < -0.4 is 5.73 Å². The molecule has 1 aliphatic rings. The van der Waals surface area contributed by atoms with E-state index in [-0.39, 0.29) is 0 Å². The van der Waals surface area contributed by atoms with Gasteiger partial charge in [0, 0.05) is 18.2 Å². The van der Waals surface area contributed by atoms with Gasteiger partial charge >= 0.3 is 0 Å². The lowest BCUT2D eigenvalue weighted by Crippen LogP contribution is -2.14. The van der Waals surface area contributed by atoms with Crippen molar-refractivity contribution in [3.05, 3.63) is 35.9 Å². The molecule has 0 atom stereocenters. The number of hydrogen-bond acceptors (Lipinski definition) is 3. The van der Waals surface area contributed by atoms with Gasteiger partial charge in [0.15, 0.2) is 0 Å². The Morgan fingerprint density at radius 2 is 2.18 bits per heavy atom. The van der Waals surface area contributed by atoms with E-state index < -0.39 is 0 Å². The van der Waals surface area contributed by atoms with Crippen LogP contribution in [0.2, 0.25) is 0 Å². The summed E-state index contributed by atoms with van der Waals surface area (Å²) in [5.41, 5.74) is 8.15. The molecule has 1 aliphatic heterocycles. The molecule has 3 nitrogen and oxygen atoms in total. The number of pyridine rings is 1. The fourth-order valence-corrected chi connectivity index (χ4v) is 3.65. The Bertz CT molecular complexity index is 514. The average molecular weight is 247 g/mol. The van der Waals surface area contributed by atoms with Gasteiger partial charge in [0.05, 0.1) is 11.7 Å². The molecule has 2 aromatic heterocycles. The van der Waals surface area contributed by atoms with Crippen molar-refractivity contribution in [1.82, 2.24) is 9.38 Å². The maximum absolute atomic E-state index is 5.82. The van der Waals surface area contributed by atoms with E-state index in [1.165, 1.54) is 35.7 Å². The molecule has 2 N–H and O–H groups in total. The highest BCUT2D eigenvalue weighted by Crippen LogP contribution is 2.31. The predicted octanol–water partition coefficient (Wildman–Crippen LogP) is 2.40. The summed E-state index contributed by atoms with van der Waals surface area (Å²) in [6, 6.07) is 6.25. The smallest absolute Gasteiger partial charge is 0.116 e. The van der Waals surface area contributed by atoms with Gasteiger partial charge in [-0.2, -0.15) is 11.8 Å². The van der Waals surface area contributed by atoms with E-state index in [0.717, 1.165) is 5.69 Å². The first-order valence-corrected chi connectivity index (χ1v) is 7.28. The summed E-state index contributed by atoms with van der Waals surface area (Å²) in [6.45, 7) is 0.572. The van der Waals surface area contributed by atoms with Crippen molar-refractivity contribution in [2.45, 2.75) is 25.3 Å². The number of nitrogens with zero attached hydrogens (tertiary/aromatic N) is 2. The Kier molecular flexibility index (Phi) is 3.07. The Morgan fingerprint density at radius 1 is 1.35 bits per heavy atom. The Labute approximate surface area is 105 Å². The number of hydrogen-bond donors (Lipinski definition) is 1. The van der Waals surface area contributed by atoms with Gasteiger partial charge in [-0.05, 0) is 36.5 Å². The lowest BCUT2D eigenvalue weighted by molar-refractivity contribution is 0.591. The summed E-state index contributed by atoms with van der Waals surface area (Å²) in [4.78, 5) is 4.63. The molecule has 0 aromatic carbocycles. The quantitative estimate of drug-likeness (QED) is 0.886. The molecule has 17 heavy (non-hydrogen) atoms. The number of thioether (sulfide) groups is 1. The van der Waals surface area contributed by atoms with Gasteiger partial charge in [-0.15, -0.1) is 0 Å². The molecule has 2 aromatic rings. The van der Waals surface area contributed by atoms with E-state index >= 15 is 0 Å². The summed E-state index contributed by atoms with van der Waals surface area (Å²) in [5, 5.41) is 0. The molecule has 1 fully saturated rings. The molecule has 90 valence electrons. The van der Waals surface area contributed by atoms with E-state index in [1.807, 2.05) is 18.0 Å². The molecule has 3 rings (SSSR count). The van der Waals surface area contributed by atoms with Gasteiger partial charge in [-0.1, -0.05) is 6.07 Å². The fraction of sp³-hybridized carbons (Fsp3) is 0.462. The van der Waals surface area contributed by atoms with Crippen molar-refractivity contribution >= 4 is 17.3 Å². The number of aromatic nitrogens is 2. The average Bonchev–Trinajstić information content (AvgIpc) is 2.83. The Balaban J connectivity index is 2.09. The highest BCUT2D eigenvalue weighted by molar-refractivity contribution is 7.99. The highest BCUT2D eigenvalue weighted by Gasteiger charge is 2.20. The first-order valence-electron chi connectivity index (χ1n) is 6.13. The van der Waals surface area contributed by atoms with E-state index in [9.17, 15) is 0 Å². The van der Waals surface area contributed by atoms with Crippen molar-refractivity contribution in [3.63, 3.8) is 0 Å². The zero-order valence-corrected chi connectivity index (χ0v) is 10.6. The van der Waals surface area contributed by atoms with E-state index in [2.05, 4.69) is 27.6 Å². The zero-order chi connectivity index (χ0) is 11.7. The van der Waals surface area contributed by atoms with Crippen LogP contribution >= 0.6 is 11.8 Å². The second-order valence-electron chi connectivity index (χ2n) is 4.48. The molecule has 1 saturated heterocycles. The SMILES string of the molecule is NCc1cccc2cnc(C3CCSCC3)n12. The molecule has 4 heteroatoms. The van der Waals surface area contributed by atoms with Gasteiger partial charge in [-0.3, -0.25) is 4.40 Å². The normalized spacial score (nSPS) is 17.7. The Morgan fingerprint density at radius 3 is 2.94 bits per heavy atom. The van der Waals surface area contributed by atoms with Gasteiger partial charge in [-0.25, -0.2) is 4.98 Å². The molecule has 0 saturated carbocycles. The van der Waals surface area contributed by atoms with Crippen LogP contribution in [0.3, 0.4) is 0 Å². The lowest BCUT2D eigenvalue weighted by atomic mass is 10.0. The van der Waals surface area contributed by atoms with Crippen LogP contribution in [0.1, 0.15) is 30.3 Å². The van der Waals surface area contributed by atoms with Crippen molar-refractivity contribution in [3.8, 4) is 0 Å². The van der Waals surface area contributed by atoms with Crippen LogP contribution in [0.5, 0.6) is 0 Å². The molecule has 0 aliphatic carbocycles. The standard InChI is InChI=1S/C13H17N3S/c14-8-11-2-1-3-12-9-15-13(16(11)12)10-4-6-17-7-5-10/h1-3,9-10H,4-8,14H2. The molecule has 3 heterocycles. The molecular formula is C13H17N3S. The summed E-state index contributed by atoms with van der Waals surface area (Å²) in [5.74, 6) is 4.32. The molecule has 0 spiro atoms. The number of rotatable bonds is 2. The maximum atomic E-state index is 5.82. The zero-order valence-electron chi connectivity index (χ0n) is 9.80. The van der Waals surface area contributed by atoms with Gasteiger partial charge in [0.2, 0.25) is 0 Å². The lowest BCUT2D eigenvalue weighted by Gasteiger charge is -2.21. The van der Waals surface area contributed by atoms with Crippen LogP contribution in [0.4, 0.5) is 0 Å². The van der Waals surface area contributed by atoms with Crippen molar-refractivity contribution in [2.75, 3.05) is 11.5 Å². The number of nitrogens with two attached hydrogens (primary N) is 1. The number of fused-ring (bicyclic) bond motifs is 1. The van der Waals surface area contributed by atoms with Gasteiger partial charge < -0.3 is 5.73 Å². The maximum Gasteiger partial charge on any atom is 0.116 e. The molecule has 0 radical (unpaired) electrons. The Hall–Kier alpha value is -1.00. The van der Waals surface area contributed by atoms with Crippen LogP contribution in [0.15, 0.2) is 24.4 Å². The molecule has 0 bridgehead atoms. The highest BCUT2D eigenvalue weighted by atomic mass is 32.2. The summed E-state index contributed by atoms with van der Waals surface area (Å²) in [7, 11) is 0. The minimum Gasteiger partial charge on any atom is -0.325 e. The summed E-state index contributed by atoms with van der Waals surface area (Å²) < 4.78 is 2.25. The number of imidazole rings is 1. The fourth-order valence-electron chi connectivity index (χ4n) is 2.55. The van der Waals surface area contributed by atoms with Crippen LogP contribution in [0.25, 0.3) is 5.52 Å². The van der Waals surface area contributed by atoms with Crippen molar-refractivity contribution < 1.29 is 0 Å². The molecular weight excluding hydrogens is 230 g/mol. The van der Waals surface area contributed by atoms with Crippen molar-refractivity contribution in [1.29, 1.82) is 0 Å². The van der Waals surface area contributed by atoms with Crippen LogP contribution in [0, 0.1) is 0 Å². The van der Waals surface area contributed by atoms with Crippen LogP contribution in [-0.4, -0.2) is 20.9 Å². The second kappa shape index (κ2) is 4.70. The van der Waals surface area contributed by atoms with Gasteiger partial charge in [0.25, 0.3) is 0 Å². The minimum atomic E-state index is 0.572. The third-order valence-electron chi connectivity index (χ3n) is 3.45. The topological polar surface area (TPSA) is 43.3 Å². The minimum absolute atomic E-state index is 0.572. The van der Waals surface area contributed by atoms with E-state index in [4.69, 9.17) is 5.73 Å². The summed E-state index contributed by atoms with van der Waals surface area (Å²) in [6.07, 6.45) is 4.45. The monoisotopic (exact) mass is 247 g/mol. The van der Waals surface area contributed by atoms with Gasteiger partial charge in [0.1, 0.15) is 5.82 Å². The third kappa shape index (κ3) is 1.96. The first kappa shape index (κ1) is 11.1. The second-order valence-corrected chi connectivity index (χ2v) is 5.71. The van der Waals surface area contributed by atoms with E-state index in [0.29, 0.717) is 12.5 Å². The van der Waals surface area contributed by atoms with E-state index in [1.54, 1.807) is 0 Å². The molecule has 0 amide bonds. The third-order valence-corrected chi connectivity index (χ3v) is 4.50. The van der Waals surface area contributed by atoms with Crippen molar-refractivity contribution in [2.24, 2.45) is 5.73 Å². The summed E-state index contributed by atoms with van der Waals surface area (Å²) >= 11 is 2.05. The largest absolute Gasteiger partial charge is 0.325 e. The predicted molar refractivity (Wildman–Crippen MR) is 72.4 cm³/mol. The first-order chi connectivity index (χ1) is 8.40. The molecule has 0 unspecified atom stereocenters. The van der Waals surface area contributed by atoms with Crippen LogP contribution in [-0.2, 0) is 6.54 Å².